The molecule has 0 radical (unpaired) electrons. The molecule has 0 saturated carbocycles. The molecule has 0 aliphatic carbocycles. The molecule has 0 unspecified atom stereocenters. The quantitative estimate of drug-likeness (QED) is 0.914. The maximum absolute atomic E-state index is 13.4. The molecule has 0 spiro atoms. The maximum Gasteiger partial charge on any atom is 0.124 e. The van der Waals surface area contributed by atoms with Crippen LogP contribution in [0.2, 0.25) is 0 Å². The van der Waals surface area contributed by atoms with Crippen LogP contribution in [0, 0.1) is 5.82 Å². The van der Waals surface area contributed by atoms with Gasteiger partial charge in [-0.1, -0.05) is 24.6 Å². The Morgan fingerprint density at radius 1 is 1.00 bits per heavy atom. The van der Waals surface area contributed by atoms with Crippen LogP contribution in [0.25, 0.3) is 11.1 Å². The first-order valence-corrected chi connectivity index (χ1v) is 7.52. The van der Waals surface area contributed by atoms with Crippen molar-refractivity contribution in [1.82, 2.24) is 4.90 Å². The summed E-state index contributed by atoms with van der Waals surface area (Å²) < 4.78 is 13.4. The number of nitrogens with zero attached hydrogens (tertiary/aromatic N) is 1. The van der Waals surface area contributed by atoms with Crippen LogP contribution in [0.1, 0.15) is 24.8 Å². The predicted octanol–water partition coefficient (Wildman–Crippen LogP) is 4.18. The minimum atomic E-state index is -0.329. The zero-order chi connectivity index (χ0) is 14.7. The Labute approximate surface area is 124 Å². The van der Waals surface area contributed by atoms with E-state index in [1.165, 1.54) is 43.0 Å². The van der Waals surface area contributed by atoms with E-state index in [1.807, 2.05) is 18.2 Å². The van der Waals surface area contributed by atoms with Gasteiger partial charge in [0, 0.05) is 12.1 Å². The van der Waals surface area contributed by atoms with Crippen LogP contribution in [0.15, 0.2) is 42.5 Å². The summed E-state index contributed by atoms with van der Waals surface area (Å²) >= 11 is 0. The Morgan fingerprint density at radius 3 is 2.62 bits per heavy atom. The van der Waals surface area contributed by atoms with Gasteiger partial charge in [0.05, 0.1) is 0 Å². The van der Waals surface area contributed by atoms with Crippen molar-refractivity contribution in [2.75, 3.05) is 13.1 Å². The highest BCUT2D eigenvalue weighted by molar-refractivity contribution is 5.70. The van der Waals surface area contributed by atoms with E-state index < -0.39 is 0 Å². The van der Waals surface area contributed by atoms with Gasteiger partial charge in [-0.05, 0) is 61.3 Å². The number of phenols is 1. The molecule has 110 valence electrons. The third-order valence-corrected chi connectivity index (χ3v) is 4.05. The second kappa shape index (κ2) is 6.27. The van der Waals surface area contributed by atoms with Crippen LogP contribution < -0.4 is 0 Å². The number of aromatic hydroxyl groups is 1. The molecule has 0 atom stereocenters. The van der Waals surface area contributed by atoms with E-state index in [1.54, 1.807) is 0 Å². The van der Waals surface area contributed by atoms with Gasteiger partial charge in [0.25, 0.3) is 0 Å². The summed E-state index contributed by atoms with van der Waals surface area (Å²) in [6, 6.07) is 12.1. The SMILES string of the molecule is Oc1ccc(F)cc1-c1cccc(CN2CCCCC2)c1. The van der Waals surface area contributed by atoms with Crippen molar-refractivity contribution in [3.05, 3.63) is 53.8 Å². The molecule has 1 saturated heterocycles. The molecule has 3 rings (SSSR count). The van der Waals surface area contributed by atoms with Crippen molar-refractivity contribution < 1.29 is 9.50 Å². The van der Waals surface area contributed by atoms with E-state index in [-0.39, 0.29) is 11.6 Å². The molecule has 1 aliphatic heterocycles. The zero-order valence-corrected chi connectivity index (χ0v) is 12.1. The lowest BCUT2D eigenvalue weighted by Crippen LogP contribution is -2.29. The van der Waals surface area contributed by atoms with E-state index in [2.05, 4.69) is 11.0 Å². The minimum Gasteiger partial charge on any atom is -0.507 e. The topological polar surface area (TPSA) is 23.5 Å². The second-order valence-electron chi connectivity index (χ2n) is 5.70. The molecule has 0 amide bonds. The molecule has 3 heteroatoms. The molecule has 2 aromatic rings. The Balaban J connectivity index is 1.83. The normalized spacial score (nSPS) is 16.0. The van der Waals surface area contributed by atoms with Crippen molar-refractivity contribution in [2.24, 2.45) is 0 Å². The molecule has 1 heterocycles. The van der Waals surface area contributed by atoms with Gasteiger partial charge < -0.3 is 5.11 Å². The molecule has 2 aromatic carbocycles. The van der Waals surface area contributed by atoms with Gasteiger partial charge in [-0.15, -0.1) is 0 Å². The van der Waals surface area contributed by atoms with Crippen LogP contribution in [-0.2, 0) is 6.54 Å². The number of likely N-dealkylation sites (tertiary alicyclic amines) is 1. The molecule has 1 N–H and O–H groups in total. The van der Waals surface area contributed by atoms with Gasteiger partial charge in [-0.25, -0.2) is 4.39 Å². The lowest BCUT2D eigenvalue weighted by atomic mass is 10.0. The summed E-state index contributed by atoms with van der Waals surface area (Å²) in [6.07, 6.45) is 3.86. The van der Waals surface area contributed by atoms with Gasteiger partial charge in [0.2, 0.25) is 0 Å². The Morgan fingerprint density at radius 2 is 1.81 bits per heavy atom. The molecular formula is C18H20FNO. The van der Waals surface area contributed by atoms with Gasteiger partial charge in [0.15, 0.2) is 0 Å². The van der Waals surface area contributed by atoms with E-state index in [0.717, 1.165) is 25.2 Å². The number of rotatable bonds is 3. The monoisotopic (exact) mass is 285 g/mol. The highest BCUT2D eigenvalue weighted by atomic mass is 19.1. The lowest BCUT2D eigenvalue weighted by molar-refractivity contribution is 0.221. The van der Waals surface area contributed by atoms with Crippen molar-refractivity contribution >= 4 is 0 Å². The fraction of sp³-hybridized carbons (Fsp3) is 0.333. The van der Waals surface area contributed by atoms with Crippen LogP contribution in [0.4, 0.5) is 4.39 Å². The van der Waals surface area contributed by atoms with Crippen LogP contribution in [0.3, 0.4) is 0 Å². The maximum atomic E-state index is 13.4. The van der Waals surface area contributed by atoms with Gasteiger partial charge in [-0.3, -0.25) is 4.90 Å². The Hall–Kier alpha value is -1.87. The highest BCUT2D eigenvalue weighted by Crippen LogP contribution is 2.30. The molecule has 1 aliphatic rings. The fourth-order valence-corrected chi connectivity index (χ4v) is 2.95. The summed E-state index contributed by atoms with van der Waals surface area (Å²) in [6.45, 7) is 3.22. The minimum absolute atomic E-state index is 0.117. The third-order valence-electron chi connectivity index (χ3n) is 4.05. The summed E-state index contributed by atoms with van der Waals surface area (Å²) in [5.74, 6) is -0.212. The van der Waals surface area contributed by atoms with Crippen molar-refractivity contribution in [1.29, 1.82) is 0 Å². The number of benzene rings is 2. The number of hydrogen-bond acceptors (Lipinski definition) is 2. The third kappa shape index (κ3) is 3.42. The number of phenolic OH excluding ortho intramolecular Hbond substituents is 1. The smallest absolute Gasteiger partial charge is 0.124 e. The van der Waals surface area contributed by atoms with Crippen molar-refractivity contribution in [3.63, 3.8) is 0 Å². The lowest BCUT2D eigenvalue weighted by Gasteiger charge is -2.26. The largest absolute Gasteiger partial charge is 0.507 e. The number of piperidine rings is 1. The van der Waals surface area contributed by atoms with E-state index in [0.29, 0.717) is 5.56 Å². The summed E-state index contributed by atoms with van der Waals surface area (Å²) in [5, 5.41) is 9.92. The summed E-state index contributed by atoms with van der Waals surface area (Å²) in [4.78, 5) is 2.45. The highest BCUT2D eigenvalue weighted by Gasteiger charge is 2.11. The Kier molecular flexibility index (Phi) is 4.20. The van der Waals surface area contributed by atoms with Crippen molar-refractivity contribution in [3.8, 4) is 16.9 Å². The van der Waals surface area contributed by atoms with Crippen LogP contribution in [0.5, 0.6) is 5.75 Å². The van der Waals surface area contributed by atoms with Gasteiger partial charge in [0.1, 0.15) is 11.6 Å². The standard InChI is InChI=1S/C18H20FNO/c19-16-7-8-18(21)17(12-16)15-6-4-5-14(11-15)13-20-9-2-1-3-10-20/h4-8,11-12,21H,1-3,9-10,13H2. The second-order valence-corrected chi connectivity index (χ2v) is 5.70. The van der Waals surface area contributed by atoms with Crippen LogP contribution in [-0.4, -0.2) is 23.1 Å². The molecule has 21 heavy (non-hydrogen) atoms. The summed E-state index contributed by atoms with van der Waals surface area (Å²) in [7, 11) is 0. The first kappa shape index (κ1) is 14.1. The molecular weight excluding hydrogens is 265 g/mol. The molecule has 0 bridgehead atoms. The first-order chi connectivity index (χ1) is 10.2. The van der Waals surface area contributed by atoms with Gasteiger partial charge >= 0.3 is 0 Å². The zero-order valence-electron chi connectivity index (χ0n) is 12.1. The van der Waals surface area contributed by atoms with E-state index in [4.69, 9.17) is 0 Å². The fourth-order valence-electron chi connectivity index (χ4n) is 2.95. The van der Waals surface area contributed by atoms with Gasteiger partial charge in [-0.2, -0.15) is 0 Å². The van der Waals surface area contributed by atoms with E-state index >= 15 is 0 Å². The number of halogens is 1. The molecule has 2 nitrogen and oxygen atoms in total. The average Bonchev–Trinajstić information content (AvgIpc) is 2.51. The van der Waals surface area contributed by atoms with E-state index in [9.17, 15) is 9.50 Å². The summed E-state index contributed by atoms with van der Waals surface area (Å²) in [5.41, 5.74) is 2.62. The number of hydrogen-bond donors (Lipinski definition) is 1. The van der Waals surface area contributed by atoms with Crippen molar-refractivity contribution in [2.45, 2.75) is 25.8 Å². The Bertz CT molecular complexity index is 620. The molecule has 0 aromatic heterocycles. The molecule has 1 fully saturated rings. The van der Waals surface area contributed by atoms with Crippen LogP contribution >= 0.6 is 0 Å². The first-order valence-electron chi connectivity index (χ1n) is 7.52. The predicted molar refractivity (Wildman–Crippen MR) is 82.6 cm³/mol. The average molecular weight is 285 g/mol.